The third-order valence-electron chi connectivity index (χ3n) is 3.07. The molecule has 0 bridgehead atoms. The molecule has 0 fully saturated rings. The summed E-state index contributed by atoms with van der Waals surface area (Å²) in [6, 6.07) is 5.08. The minimum absolute atomic E-state index is 0.0960. The molecule has 0 atom stereocenters. The molecule has 0 saturated heterocycles. The fraction of sp³-hybridized carbons (Fsp3) is 0.625. The molecule has 1 N–H and O–H groups in total. The fourth-order valence-electron chi connectivity index (χ4n) is 1.74. The number of nitrogens with zero attached hydrogens (tertiary/aromatic N) is 1. The molecule has 0 aromatic heterocycles. The molecule has 1 aromatic rings. The van der Waals surface area contributed by atoms with Crippen LogP contribution in [0.5, 0.6) is 5.75 Å². The topological polar surface area (TPSA) is 64.4 Å². The van der Waals surface area contributed by atoms with Crippen LogP contribution in [0, 0.1) is 15.5 Å². The van der Waals surface area contributed by atoms with Crippen LogP contribution in [0.2, 0.25) is 0 Å². The van der Waals surface area contributed by atoms with Gasteiger partial charge >= 0.3 is 0 Å². The third kappa shape index (κ3) is 6.58. The molecule has 0 unspecified atom stereocenters. The van der Waals surface area contributed by atoms with Gasteiger partial charge in [-0.05, 0) is 17.9 Å². The molecule has 0 amide bonds. The Kier molecular flexibility index (Phi) is 6.15. The van der Waals surface area contributed by atoms with Gasteiger partial charge in [-0.3, -0.25) is 10.1 Å². The molecular formula is C16H26N2O3. The quantitative estimate of drug-likeness (QED) is 0.611. The first-order valence-electron chi connectivity index (χ1n) is 7.32. The van der Waals surface area contributed by atoms with E-state index in [1.165, 1.54) is 6.07 Å². The van der Waals surface area contributed by atoms with Crippen molar-refractivity contribution in [2.75, 3.05) is 6.61 Å². The number of hydrogen-bond donors (Lipinski definition) is 1. The molecule has 0 heterocycles. The van der Waals surface area contributed by atoms with Crippen molar-refractivity contribution in [3.05, 3.63) is 33.9 Å². The van der Waals surface area contributed by atoms with Crippen molar-refractivity contribution in [1.29, 1.82) is 0 Å². The molecule has 1 rings (SSSR count). The summed E-state index contributed by atoms with van der Waals surface area (Å²) in [5.41, 5.74) is 1.13. The second-order valence-corrected chi connectivity index (χ2v) is 6.74. The van der Waals surface area contributed by atoms with Gasteiger partial charge in [0.25, 0.3) is 5.69 Å². The van der Waals surface area contributed by atoms with Gasteiger partial charge < -0.3 is 10.1 Å². The van der Waals surface area contributed by atoms with E-state index >= 15 is 0 Å². The fourth-order valence-corrected chi connectivity index (χ4v) is 1.74. The third-order valence-corrected chi connectivity index (χ3v) is 3.07. The number of nitro benzene ring substituents is 1. The molecule has 0 saturated carbocycles. The van der Waals surface area contributed by atoms with Gasteiger partial charge in [0.15, 0.2) is 0 Å². The van der Waals surface area contributed by atoms with Crippen molar-refractivity contribution in [3.63, 3.8) is 0 Å². The average molecular weight is 294 g/mol. The first kappa shape index (κ1) is 17.4. The summed E-state index contributed by atoms with van der Waals surface area (Å²) in [6.07, 6.45) is 0.932. The molecule has 5 heteroatoms. The van der Waals surface area contributed by atoms with Gasteiger partial charge in [0, 0.05) is 30.3 Å². The van der Waals surface area contributed by atoms with Crippen LogP contribution < -0.4 is 10.1 Å². The number of rotatable bonds is 7. The van der Waals surface area contributed by atoms with Gasteiger partial charge in [-0.2, -0.15) is 0 Å². The standard InChI is InChI=1S/C16H26N2O3/c1-12(2)17-11-13-10-14(18(19)20)6-7-15(13)21-9-8-16(3,4)5/h6-7,10,12,17H,8-9,11H2,1-5H3. The Morgan fingerprint density at radius 3 is 2.52 bits per heavy atom. The van der Waals surface area contributed by atoms with E-state index in [9.17, 15) is 10.1 Å². The number of ether oxygens (including phenoxy) is 1. The highest BCUT2D eigenvalue weighted by atomic mass is 16.6. The molecule has 0 spiro atoms. The van der Waals surface area contributed by atoms with E-state index in [2.05, 4.69) is 26.1 Å². The second-order valence-electron chi connectivity index (χ2n) is 6.74. The molecule has 1 aromatic carbocycles. The van der Waals surface area contributed by atoms with E-state index in [0.29, 0.717) is 19.2 Å². The van der Waals surface area contributed by atoms with Gasteiger partial charge in [-0.15, -0.1) is 0 Å². The van der Waals surface area contributed by atoms with Crippen molar-refractivity contribution < 1.29 is 9.66 Å². The number of non-ortho nitro benzene ring substituents is 1. The highest BCUT2D eigenvalue weighted by Gasteiger charge is 2.14. The second kappa shape index (κ2) is 7.41. The van der Waals surface area contributed by atoms with E-state index in [4.69, 9.17) is 4.74 Å². The van der Waals surface area contributed by atoms with Crippen LogP contribution in [0.25, 0.3) is 0 Å². The maximum Gasteiger partial charge on any atom is 0.270 e. The molecule has 0 radical (unpaired) electrons. The lowest BCUT2D eigenvalue weighted by Gasteiger charge is -2.19. The van der Waals surface area contributed by atoms with E-state index in [1.54, 1.807) is 12.1 Å². The van der Waals surface area contributed by atoms with Crippen LogP contribution >= 0.6 is 0 Å². The zero-order chi connectivity index (χ0) is 16.0. The highest BCUT2D eigenvalue weighted by molar-refractivity contribution is 5.43. The van der Waals surface area contributed by atoms with Gasteiger partial charge in [0.1, 0.15) is 5.75 Å². The van der Waals surface area contributed by atoms with E-state index in [1.807, 2.05) is 13.8 Å². The first-order valence-corrected chi connectivity index (χ1v) is 7.32. The summed E-state index contributed by atoms with van der Waals surface area (Å²) >= 11 is 0. The van der Waals surface area contributed by atoms with Gasteiger partial charge in [-0.25, -0.2) is 0 Å². The minimum Gasteiger partial charge on any atom is -0.493 e. The van der Waals surface area contributed by atoms with Gasteiger partial charge in [0.05, 0.1) is 11.5 Å². The van der Waals surface area contributed by atoms with Crippen molar-refractivity contribution in [3.8, 4) is 5.75 Å². The van der Waals surface area contributed by atoms with Crippen molar-refractivity contribution in [1.82, 2.24) is 5.32 Å². The van der Waals surface area contributed by atoms with E-state index < -0.39 is 0 Å². The van der Waals surface area contributed by atoms with Crippen molar-refractivity contribution in [2.45, 2.75) is 53.6 Å². The number of hydrogen-bond acceptors (Lipinski definition) is 4. The summed E-state index contributed by atoms with van der Waals surface area (Å²) in [4.78, 5) is 10.5. The number of benzene rings is 1. The van der Waals surface area contributed by atoms with Crippen LogP contribution in [-0.2, 0) is 6.54 Å². The van der Waals surface area contributed by atoms with E-state index in [0.717, 1.165) is 17.7 Å². The average Bonchev–Trinajstić information content (AvgIpc) is 2.35. The van der Waals surface area contributed by atoms with Crippen molar-refractivity contribution in [2.24, 2.45) is 5.41 Å². The molecule has 5 nitrogen and oxygen atoms in total. The molecule has 0 aliphatic rings. The minimum atomic E-state index is -0.377. The Morgan fingerprint density at radius 2 is 2.00 bits per heavy atom. The Labute approximate surface area is 126 Å². The summed E-state index contributed by atoms with van der Waals surface area (Å²) in [6.45, 7) is 11.7. The van der Waals surface area contributed by atoms with Crippen LogP contribution in [0.3, 0.4) is 0 Å². The van der Waals surface area contributed by atoms with E-state index in [-0.39, 0.29) is 16.0 Å². The predicted molar refractivity (Wildman–Crippen MR) is 84.6 cm³/mol. The maximum absolute atomic E-state index is 10.9. The van der Waals surface area contributed by atoms with Crippen LogP contribution in [-0.4, -0.2) is 17.6 Å². The monoisotopic (exact) mass is 294 g/mol. The molecular weight excluding hydrogens is 268 g/mol. The molecule has 118 valence electrons. The maximum atomic E-state index is 10.9. The lowest BCUT2D eigenvalue weighted by atomic mass is 9.93. The lowest BCUT2D eigenvalue weighted by molar-refractivity contribution is -0.384. The van der Waals surface area contributed by atoms with Gasteiger partial charge in [-0.1, -0.05) is 34.6 Å². The summed E-state index contributed by atoms with van der Waals surface area (Å²) < 4.78 is 5.82. The zero-order valence-corrected chi connectivity index (χ0v) is 13.6. The molecule has 21 heavy (non-hydrogen) atoms. The predicted octanol–water partition coefficient (Wildman–Crippen LogP) is 3.91. The van der Waals surface area contributed by atoms with Crippen LogP contribution in [0.4, 0.5) is 5.69 Å². The van der Waals surface area contributed by atoms with Crippen LogP contribution in [0.1, 0.15) is 46.6 Å². The Bertz CT molecular complexity index is 479. The van der Waals surface area contributed by atoms with Gasteiger partial charge in [0.2, 0.25) is 0 Å². The Morgan fingerprint density at radius 1 is 1.33 bits per heavy atom. The van der Waals surface area contributed by atoms with Crippen LogP contribution in [0.15, 0.2) is 18.2 Å². The lowest BCUT2D eigenvalue weighted by Crippen LogP contribution is -2.22. The molecule has 0 aliphatic carbocycles. The summed E-state index contributed by atoms with van der Waals surface area (Å²) in [5.74, 6) is 0.720. The normalized spacial score (nSPS) is 11.7. The summed E-state index contributed by atoms with van der Waals surface area (Å²) in [5, 5.41) is 14.2. The first-order chi connectivity index (χ1) is 9.69. The highest BCUT2D eigenvalue weighted by Crippen LogP contribution is 2.26. The number of nitro groups is 1. The Hall–Kier alpha value is -1.62. The zero-order valence-electron chi connectivity index (χ0n) is 13.6. The smallest absolute Gasteiger partial charge is 0.270 e. The van der Waals surface area contributed by atoms with Crippen molar-refractivity contribution >= 4 is 5.69 Å². The largest absolute Gasteiger partial charge is 0.493 e. The molecule has 0 aliphatic heterocycles. The SMILES string of the molecule is CC(C)NCc1cc([N+](=O)[O-])ccc1OCCC(C)(C)C. The summed E-state index contributed by atoms with van der Waals surface area (Å²) in [7, 11) is 0. The number of nitrogens with one attached hydrogen (secondary N) is 1. The Balaban J connectivity index is 2.82.